The molecule has 0 amide bonds. The fraction of sp³-hybridized carbons (Fsp3) is 0.600. The lowest BCUT2D eigenvalue weighted by molar-refractivity contribution is -0.156. The topological polar surface area (TPSA) is 38.7 Å². The number of hydrogen-bond acceptors (Lipinski definition) is 3. The van der Waals surface area contributed by atoms with Gasteiger partial charge in [-0.2, -0.15) is 0 Å². The van der Waals surface area contributed by atoms with Crippen molar-refractivity contribution in [2.45, 2.75) is 63.9 Å². The van der Waals surface area contributed by atoms with Gasteiger partial charge in [-0.1, -0.05) is 37.3 Å². The summed E-state index contributed by atoms with van der Waals surface area (Å²) in [4.78, 5) is 0. The smallest absolute Gasteiger partial charge is 0.163 e. The summed E-state index contributed by atoms with van der Waals surface area (Å²) in [6.07, 6.45) is 14.8. The van der Waals surface area contributed by atoms with Crippen LogP contribution in [0.3, 0.4) is 0 Å². The molecular formula is C20H28O3. The molecule has 2 aliphatic carbocycles. The van der Waals surface area contributed by atoms with Crippen molar-refractivity contribution in [2.24, 2.45) is 5.92 Å². The molecule has 0 aromatic carbocycles. The van der Waals surface area contributed by atoms with Crippen LogP contribution in [-0.2, 0) is 9.47 Å². The summed E-state index contributed by atoms with van der Waals surface area (Å²) in [5.74, 6) is 0.00726. The standard InChI is InChI=1S/C20H28O3/c1-15-9-10-17-16(15)8-7-13-20(17,21)12-6-5-11-19(4)14-22-18(2,3)23-19/h5-8,10,13,15,21H,9,11-12,14H2,1-4H3. The van der Waals surface area contributed by atoms with Crippen LogP contribution in [0.5, 0.6) is 0 Å². The molecule has 1 aliphatic heterocycles. The van der Waals surface area contributed by atoms with E-state index in [0.29, 0.717) is 18.9 Å². The molecule has 1 N–H and O–H groups in total. The highest BCUT2D eigenvalue weighted by Crippen LogP contribution is 2.42. The zero-order valence-corrected chi connectivity index (χ0v) is 14.6. The van der Waals surface area contributed by atoms with E-state index in [-0.39, 0.29) is 5.60 Å². The third-order valence-electron chi connectivity index (χ3n) is 4.99. The van der Waals surface area contributed by atoms with Gasteiger partial charge in [-0.3, -0.25) is 0 Å². The third kappa shape index (κ3) is 3.37. The maximum Gasteiger partial charge on any atom is 0.163 e. The van der Waals surface area contributed by atoms with E-state index in [2.05, 4.69) is 38.2 Å². The summed E-state index contributed by atoms with van der Waals surface area (Å²) in [7, 11) is 0. The van der Waals surface area contributed by atoms with Crippen LogP contribution in [0.1, 0.15) is 47.0 Å². The van der Waals surface area contributed by atoms with Gasteiger partial charge in [-0.25, -0.2) is 0 Å². The number of aliphatic hydroxyl groups is 1. The molecule has 0 radical (unpaired) electrons. The Morgan fingerprint density at radius 1 is 1.26 bits per heavy atom. The molecule has 3 nitrogen and oxygen atoms in total. The Labute approximate surface area is 139 Å². The van der Waals surface area contributed by atoms with Gasteiger partial charge < -0.3 is 14.6 Å². The largest absolute Gasteiger partial charge is 0.381 e. The van der Waals surface area contributed by atoms with Crippen LogP contribution in [0.15, 0.2) is 47.6 Å². The van der Waals surface area contributed by atoms with E-state index < -0.39 is 11.4 Å². The Kier molecular flexibility index (Phi) is 4.16. The summed E-state index contributed by atoms with van der Waals surface area (Å²) in [5.41, 5.74) is 1.23. The van der Waals surface area contributed by atoms with Crippen molar-refractivity contribution in [2.75, 3.05) is 6.61 Å². The minimum Gasteiger partial charge on any atom is -0.381 e. The first-order valence-electron chi connectivity index (χ1n) is 8.55. The number of ether oxygens (including phenoxy) is 2. The van der Waals surface area contributed by atoms with E-state index in [9.17, 15) is 5.11 Å². The van der Waals surface area contributed by atoms with Crippen LogP contribution in [0, 0.1) is 5.92 Å². The molecule has 0 bridgehead atoms. The van der Waals surface area contributed by atoms with Gasteiger partial charge in [0.2, 0.25) is 0 Å². The molecule has 0 aromatic rings. The molecule has 1 heterocycles. The molecule has 126 valence electrons. The average Bonchev–Trinajstić information content (AvgIpc) is 2.98. The average molecular weight is 316 g/mol. The summed E-state index contributed by atoms with van der Waals surface area (Å²) in [6.45, 7) is 8.77. The van der Waals surface area contributed by atoms with Crippen molar-refractivity contribution < 1.29 is 14.6 Å². The lowest BCUT2D eigenvalue weighted by Crippen LogP contribution is -2.31. The lowest BCUT2D eigenvalue weighted by Gasteiger charge is -2.30. The second kappa shape index (κ2) is 5.73. The van der Waals surface area contributed by atoms with Gasteiger partial charge in [0.1, 0.15) is 5.60 Å². The molecule has 3 unspecified atom stereocenters. The summed E-state index contributed by atoms with van der Waals surface area (Å²) < 4.78 is 11.6. The Hall–Kier alpha value is -1.16. The van der Waals surface area contributed by atoms with Gasteiger partial charge in [-0.05, 0) is 56.8 Å². The second-order valence-corrected chi connectivity index (χ2v) is 7.78. The van der Waals surface area contributed by atoms with E-state index in [1.165, 1.54) is 5.57 Å². The Bertz CT molecular complexity index is 596. The van der Waals surface area contributed by atoms with E-state index in [1.54, 1.807) is 0 Å². The molecule has 23 heavy (non-hydrogen) atoms. The summed E-state index contributed by atoms with van der Waals surface area (Å²) in [5, 5.41) is 11.0. The molecule has 0 aromatic heterocycles. The first-order chi connectivity index (χ1) is 10.7. The highest BCUT2D eigenvalue weighted by molar-refractivity contribution is 5.52. The van der Waals surface area contributed by atoms with E-state index in [1.807, 2.05) is 26.0 Å². The van der Waals surface area contributed by atoms with Crippen molar-refractivity contribution in [3.8, 4) is 0 Å². The number of allylic oxidation sites excluding steroid dienone is 3. The maximum atomic E-state index is 11.0. The Morgan fingerprint density at radius 3 is 2.70 bits per heavy atom. The van der Waals surface area contributed by atoms with Crippen molar-refractivity contribution in [1.29, 1.82) is 0 Å². The van der Waals surface area contributed by atoms with Gasteiger partial charge in [0, 0.05) is 6.42 Å². The fourth-order valence-corrected chi connectivity index (χ4v) is 3.74. The highest BCUT2D eigenvalue weighted by atomic mass is 16.7. The van der Waals surface area contributed by atoms with Crippen molar-refractivity contribution in [3.05, 3.63) is 47.6 Å². The molecule has 0 saturated carbocycles. The van der Waals surface area contributed by atoms with E-state index >= 15 is 0 Å². The van der Waals surface area contributed by atoms with Gasteiger partial charge in [0.05, 0.1) is 12.2 Å². The zero-order chi connectivity index (χ0) is 16.7. The molecule has 1 fully saturated rings. The quantitative estimate of drug-likeness (QED) is 0.795. The van der Waals surface area contributed by atoms with Crippen molar-refractivity contribution in [3.63, 3.8) is 0 Å². The first kappa shape index (κ1) is 16.7. The molecule has 3 rings (SSSR count). The predicted octanol–water partition coefficient (Wildman–Crippen LogP) is 4.06. The van der Waals surface area contributed by atoms with E-state index in [4.69, 9.17) is 9.47 Å². The van der Waals surface area contributed by atoms with Crippen LogP contribution < -0.4 is 0 Å². The monoisotopic (exact) mass is 316 g/mol. The predicted molar refractivity (Wildman–Crippen MR) is 91.9 cm³/mol. The van der Waals surface area contributed by atoms with Crippen LogP contribution >= 0.6 is 0 Å². The van der Waals surface area contributed by atoms with Crippen LogP contribution in [0.2, 0.25) is 0 Å². The summed E-state index contributed by atoms with van der Waals surface area (Å²) >= 11 is 0. The SMILES string of the molecule is CC1CC=C2C1=CC=CC2(O)CC=CCC1(C)COC(C)(C)O1. The summed E-state index contributed by atoms with van der Waals surface area (Å²) in [6, 6.07) is 0. The van der Waals surface area contributed by atoms with Crippen LogP contribution in [-0.4, -0.2) is 28.7 Å². The molecule has 3 atom stereocenters. The number of hydrogen-bond donors (Lipinski definition) is 1. The highest BCUT2D eigenvalue weighted by Gasteiger charge is 2.41. The molecule has 0 spiro atoms. The van der Waals surface area contributed by atoms with Gasteiger partial charge in [-0.15, -0.1) is 0 Å². The van der Waals surface area contributed by atoms with Gasteiger partial charge >= 0.3 is 0 Å². The zero-order valence-electron chi connectivity index (χ0n) is 14.6. The van der Waals surface area contributed by atoms with Gasteiger partial charge in [0.15, 0.2) is 5.79 Å². The Balaban J connectivity index is 1.60. The van der Waals surface area contributed by atoms with Crippen LogP contribution in [0.25, 0.3) is 0 Å². The minimum absolute atomic E-state index is 0.281. The minimum atomic E-state index is -0.863. The molecular weight excluding hydrogens is 288 g/mol. The molecule has 3 aliphatic rings. The normalized spacial score (nSPS) is 38.7. The van der Waals surface area contributed by atoms with Gasteiger partial charge in [0.25, 0.3) is 0 Å². The second-order valence-electron chi connectivity index (χ2n) is 7.78. The Morgan fingerprint density at radius 2 is 2.00 bits per heavy atom. The molecule has 1 saturated heterocycles. The fourth-order valence-electron chi connectivity index (χ4n) is 3.74. The van der Waals surface area contributed by atoms with Crippen molar-refractivity contribution in [1.82, 2.24) is 0 Å². The first-order valence-corrected chi connectivity index (χ1v) is 8.55. The van der Waals surface area contributed by atoms with Crippen molar-refractivity contribution >= 4 is 0 Å². The number of rotatable bonds is 4. The molecule has 3 heteroatoms. The lowest BCUT2D eigenvalue weighted by atomic mass is 9.81. The maximum absolute atomic E-state index is 11.0. The van der Waals surface area contributed by atoms with E-state index in [0.717, 1.165) is 18.4 Å². The number of fused-ring (bicyclic) bond motifs is 1. The van der Waals surface area contributed by atoms with Crippen LogP contribution in [0.4, 0.5) is 0 Å². The third-order valence-corrected chi connectivity index (χ3v) is 4.99.